The molecule has 6 heteroatoms. The van der Waals surface area contributed by atoms with Gasteiger partial charge in [0.05, 0.1) is 0 Å². The van der Waals surface area contributed by atoms with Crippen molar-refractivity contribution in [3.63, 3.8) is 0 Å². The molecule has 1 saturated heterocycles. The van der Waals surface area contributed by atoms with Crippen molar-refractivity contribution in [3.05, 3.63) is 53.7 Å². The molecule has 0 atom stereocenters. The van der Waals surface area contributed by atoms with E-state index in [1.165, 1.54) is 6.07 Å². The van der Waals surface area contributed by atoms with E-state index in [2.05, 4.69) is 22.2 Å². The first-order valence-corrected chi connectivity index (χ1v) is 8.48. The maximum Gasteiger partial charge on any atom is 0.354 e. The van der Waals surface area contributed by atoms with Crippen LogP contribution in [0.4, 0.5) is 5.82 Å². The molecule has 132 valence electrons. The Morgan fingerprint density at radius 2 is 1.96 bits per heavy atom. The van der Waals surface area contributed by atoms with Crippen LogP contribution in [0.25, 0.3) is 0 Å². The molecule has 6 nitrogen and oxygen atoms in total. The van der Waals surface area contributed by atoms with Crippen LogP contribution in [0.2, 0.25) is 0 Å². The highest BCUT2D eigenvalue weighted by molar-refractivity contribution is 5.85. The summed E-state index contributed by atoms with van der Waals surface area (Å²) in [5.74, 6) is 0.412. The minimum Gasteiger partial charge on any atom is -0.490 e. The van der Waals surface area contributed by atoms with Gasteiger partial charge in [0, 0.05) is 19.6 Å². The van der Waals surface area contributed by atoms with E-state index >= 15 is 0 Å². The lowest BCUT2D eigenvalue weighted by Gasteiger charge is -2.29. The number of carboxylic acid groups (broad SMARTS) is 1. The molecule has 2 aromatic rings. The molecule has 1 aromatic heterocycles. The van der Waals surface area contributed by atoms with Crippen LogP contribution in [0, 0.1) is 0 Å². The lowest BCUT2D eigenvalue weighted by atomic mass is 10.1. The zero-order chi connectivity index (χ0) is 17.6. The van der Waals surface area contributed by atoms with Crippen molar-refractivity contribution in [1.82, 2.24) is 9.88 Å². The summed E-state index contributed by atoms with van der Waals surface area (Å²) in [6.45, 7) is 2.73. The number of anilines is 1. The standard InChI is InChI=1S/C19H23N3O3/c1-22-11-9-16(10-12-22)25-15-7-5-14(6-8-15)13-20-18-4-2-3-17(21-18)19(23)24/h2-8,16H,9-13H2,1H3,(H,20,21)(H,23,24). The molecular formula is C19H23N3O3. The monoisotopic (exact) mass is 341 g/mol. The van der Waals surface area contributed by atoms with E-state index in [4.69, 9.17) is 9.84 Å². The number of rotatable bonds is 6. The van der Waals surface area contributed by atoms with Crippen LogP contribution in [-0.2, 0) is 6.54 Å². The lowest BCUT2D eigenvalue weighted by molar-refractivity contribution is 0.0690. The Balaban J connectivity index is 1.52. The number of hydrogen-bond acceptors (Lipinski definition) is 5. The Hall–Kier alpha value is -2.60. The van der Waals surface area contributed by atoms with Crippen LogP contribution in [0.5, 0.6) is 5.75 Å². The molecule has 1 aliphatic rings. The second-order valence-corrected chi connectivity index (χ2v) is 6.33. The molecule has 0 saturated carbocycles. The summed E-state index contributed by atoms with van der Waals surface area (Å²) >= 11 is 0. The number of pyridine rings is 1. The summed E-state index contributed by atoms with van der Waals surface area (Å²) in [7, 11) is 2.14. The maximum absolute atomic E-state index is 10.9. The first kappa shape index (κ1) is 17.2. The third-order valence-electron chi connectivity index (χ3n) is 4.33. The highest BCUT2D eigenvalue weighted by Crippen LogP contribution is 2.19. The number of nitrogens with one attached hydrogen (secondary N) is 1. The van der Waals surface area contributed by atoms with E-state index in [0.717, 1.165) is 37.2 Å². The van der Waals surface area contributed by atoms with Gasteiger partial charge in [-0.2, -0.15) is 0 Å². The zero-order valence-electron chi connectivity index (χ0n) is 14.3. The molecule has 1 aromatic carbocycles. The van der Waals surface area contributed by atoms with Crippen molar-refractivity contribution < 1.29 is 14.6 Å². The van der Waals surface area contributed by atoms with Gasteiger partial charge in [-0.05, 0) is 49.7 Å². The Bertz CT molecular complexity index is 710. The average molecular weight is 341 g/mol. The molecule has 0 aliphatic carbocycles. The van der Waals surface area contributed by atoms with E-state index in [-0.39, 0.29) is 5.69 Å². The average Bonchev–Trinajstić information content (AvgIpc) is 2.63. The number of likely N-dealkylation sites (tertiary alicyclic amines) is 1. The number of carboxylic acids is 1. The number of piperidine rings is 1. The number of benzene rings is 1. The third kappa shape index (κ3) is 4.93. The predicted octanol–water partition coefficient (Wildman–Crippen LogP) is 2.86. The fourth-order valence-corrected chi connectivity index (χ4v) is 2.83. The smallest absolute Gasteiger partial charge is 0.354 e. The fourth-order valence-electron chi connectivity index (χ4n) is 2.83. The van der Waals surface area contributed by atoms with E-state index < -0.39 is 5.97 Å². The van der Waals surface area contributed by atoms with E-state index in [0.29, 0.717) is 18.5 Å². The summed E-state index contributed by atoms with van der Waals surface area (Å²) < 4.78 is 6.04. The Morgan fingerprint density at radius 3 is 2.64 bits per heavy atom. The van der Waals surface area contributed by atoms with Crippen molar-refractivity contribution >= 4 is 11.8 Å². The summed E-state index contributed by atoms with van der Waals surface area (Å²) in [5.41, 5.74) is 1.12. The molecule has 0 amide bonds. The SMILES string of the molecule is CN1CCC(Oc2ccc(CNc3cccc(C(=O)O)n3)cc2)CC1. The summed E-state index contributed by atoms with van der Waals surface area (Å²) in [4.78, 5) is 17.3. The molecule has 1 aliphatic heterocycles. The van der Waals surface area contributed by atoms with E-state index in [1.807, 2.05) is 24.3 Å². The fraction of sp³-hybridized carbons (Fsp3) is 0.368. The molecule has 2 heterocycles. The molecule has 0 bridgehead atoms. The number of ether oxygens (including phenoxy) is 1. The number of nitrogens with zero attached hydrogens (tertiary/aromatic N) is 2. The van der Waals surface area contributed by atoms with Gasteiger partial charge in [-0.15, -0.1) is 0 Å². The van der Waals surface area contributed by atoms with Crippen molar-refractivity contribution in [2.24, 2.45) is 0 Å². The second-order valence-electron chi connectivity index (χ2n) is 6.33. The van der Waals surface area contributed by atoms with Gasteiger partial charge in [-0.1, -0.05) is 18.2 Å². The first-order chi connectivity index (χ1) is 12.1. The number of hydrogen-bond donors (Lipinski definition) is 2. The molecule has 1 fully saturated rings. The van der Waals surface area contributed by atoms with Crippen molar-refractivity contribution in [2.75, 3.05) is 25.5 Å². The first-order valence-electron chi connectivity index (χ1n) is 8.48. The zero-order valence-corrected chi connectivity index (χ0v) is 14.3. The van der Waals surface area contributed by atoms with Crippen LogP contribution in [0.3, 0.4) is 0 Å². The minimum atomic E-state index is -1.03. The van der Waals surface area contributed by atoms with Gasteiger partial charge in [-0.25, -0.2) is 9.78 Å². The second kappa shape index (κ2) is 7.98. The van der Waals surface area contributed by atoms with Gasteiger partial charge in [-0.3, -0.25) is 0 Å². The normalized spacial score (nSPS) is 15.7. The molecule has 2 N–H and O–H groups in total. The molecule has 0 spiro atoms. The quantitative estimate of drug-likeness (QED) is 0.841. The van der Waals surface area contributed by atoms with Crippen LogP contribution in [0.1, 0.15) is 28.9 Å². The van der Waals surface area contributed by atoms with Gasteiger partial charge in [0.1, 0.15) is 17.7 Å². The van der Waals surface area contributed by atoms with Gasteiger partial charge in [0.25, 0.3) is 0 Å². The van der Waals surface area contributed by atoms with Crippen LogP contribution in [0.15, 0.2) is 42.5 Å². The highest BCUT2D eigenvalue weighted by Gasteiger charge is 2.17. The number of aromatic carboxylic acids is 1. The van der Waals surface area contributed by atoms with Crippen LogP contribution >= 0.6 is 0 Å². The number of carbonyl (C=O) groups is 1. The lowest BCUT2D eigenvalue weighted by Crippen LogP contribution is -2.35. The number of aromatic nitrogens is 1. The molecule has 0 unspecified atom stereocenters. The van der Waals surface area contributed by atoms with Gasteiger partial charge in [0.15, 0.2) is 5.69 Å². The molecule has 25 heavy (non-hydrogen) atoms. The van der Waals surface area contributed by atoms with E-state index in [1.54, 1.807) is 12.1 Å². The summed E-state index contributed by atoms with van der Waals surface area (Å²) in [6.07, 6.45) is 2.42. The van der Waals surface area contributed by atoms with Gasteiger partial charge in [0.2, 0.25) is 0 Å². The Kier molecular flexibility index (Phi) is 5.50. The minimum absolute atomic E-state index is 0.0341. The van der Waals surface area contributed by atoms with Crippen molar-refractivity contribution in [2.45, 2.75) is 25.5 Å². The summed E-state index contributed by atoms with van der Waals surface area (Å²) in [6, 6.07) is 12.9. The Labute approximate surface area is 147 Å². The highest BCUT2D eigenvalue weighted by atomic mass is 16.5. The van der Waals surface area contributed by atoms with Crippen LogP contribution < -0.4 is 10.1 Å². The third-order valence-corrected chi connectivity index (χ3v) is 4.33. The molecule has 0 radical (unpaired) electrons. The van der Waals surface area contributed by atoms with Gasteiger partial charge < -0.3 is 20.1 Å². The predicted molar refractivity (Wildman–Crippen MR) is 96.1 cm³/mol. The largest absolute Gasteiger partial charge is 0.490 e. The summed E-state index contributed by atoms with van der Waals surface area (Å²) in [5, 5.41) is 12.1. The Morgan fingerprint density at radius 1 is 1.24 bits per heavy atom. The van der Waals surface area contributed by atoms with E-state index in [9.17, 15) is 4.79 Å². The molecule has 3 rings (SSSR count). The van der Waals surface area contributed by atoms with Crippen molar-refractivity contribution in [1.29, 1.82) is 0 Å². The van der Waals surface area contributed by atoms with Crippen LogP contribution in [-0.4, -0.2) is 47.2 Å². The topological polar surface area (TPSA) is 74.7 Å². The molecular weight excluding hydrogens is 318 g/mol. The maximum atomic E-state index is 10.9. The van der Waals surface area contributed by atoms with Crippen molar-refractivity contribution in [3.8, 4) is 5.75 Å². The van der Waals surface area contributed by atoms with Gasteiger partial charge >= 0.3 is 5.97 Å².